The van der Waals surface area contributed by atoms with Crippen LogP contribution in [0.25, 0.3) is 0 Å². The van der Waals surface area contributed by atoms with Gasteiger partial charge in [-0.15, -0.1) is 0 Å². The lowest BCUT2D eigenvalue weighted by Crippen LogP contribution is -2.35. The second kappa shape index (κ2) is 7.05. The molecule has 126 valence electrons. The number of carbonyl (C=O) groups excluding carboxylic acids is 2. The summed E-state index contributed by atoms with van der Waals surface area (Å²) in [5.74, 6) is -0.348. The molecule has 24 heavy (non-hydrogen) atoms. The summed E-state index contributed by atoms with van der Waals surface area (Å²) in [6, 6.07) is 12.5. The van der Waals surface area contributed by atoms with E-state index in [1.807, 2.05) is 32.9 Å². The number of nitrogens with one attached hydrogen (secondary N) is 2. The number of anilines is 1. The van der Waals surface area contributed by atoms with Gasteiger partial charge in [-0.05, 0) is 56.2 Å². The summed E-state index contributed by atoms with van der Waals surface area (Å²) >= 11 is 6.04. The highest BCUT2D eigenvalue weighted by molar-refractivity contribution is 6.30. The Kier molecular flexibility index (Phi) is 5.30. The molecule has 2 aromatic rings. The first-order valence-electron chi connectivity index (χ1n) is 7.66. The van der Waals surface area contributed by atoms with Crippen LogP contribution in [0, 0.1) is 6.92 Å². The van der Waals surface area contributed by atoms with E-state index in [9.17, 15) is 9.59 Å². The van der Waals surface area contributed by atoms with Crippen molar-refractivity contribution in [3.8, 4) is 0 Å². The van der Waals surface area contributed by atoms with Crippen molar-refractivity contribution in [3.05, 3.63) is 64.2 Å². The SMILES string of the molecule is CNC(=O)c1cccc(NC(=O)C(C)(C)c2cccc(Cl)c2)c1C. The molecular formula is C19H21ClN2O2. The highest BCUT2D eigenvalue weighted by Crippen LogP contribution is 2.28. The van der Waals surface area contributed by atoms with Gasteiger partial charge in [0.05, 0.1) is 5.41 Å². The van der Waals surface area contributed by atoms with E-state index in [0.29, 0.717) is 16.3 Å². The fourth-order valence-electron chi connectivity index (χ4n) is 2.44. The number of benzene rings is 2. The Balaban J connectivity index is 2.31. The molecule has 0 atom stereocenters. The number of hydrogen-bond donors (Lipinski definition) is 2. The van der Waals surface area contributed by atoms with Crippen molar-refractivity contribution in [3.63, 3.8) is 0 Å². The first kappa shape index (κ1) is 18.0. The van der Waals surface area contributed by atoms with Crippen LogP contribution in [0.3, 0.4) is 0 Å². The topological polar surface area (TPSA) is 58.2 Å². The van der Waals surface area contributed by atoms with Gasteiger partial charge in [-0.2, -0.15) is 0 Å². The molecule has 0 unspecified atom stereocenters. The molecule has 0 spiro atoms. The summed E-state index contributed by atoms with van der Waals surface area (Å²) in [6.07, 6.45) is 0. The van der Waals surface area contributed by atoms with Crippen LogP contribution < -0.4 is 10.6 Å². The highest BCUT2D eigenvalue weighted by atomic mass is 35.5. The molecule has 0 bridgehead atoms. The fraction of sp³-hybridized carbons (Fsp3) is 0.263. The molecule has 2 rings (SSSR count). The van der Waals surface area contributed by atoms with Crippen LogP contribution in [0.2, 0.25) is 5.02 Å². The number of rotatable bonds is 4. The van der Waals surface area contributed by atoms with Gasteiger partial charge >= 0.3 is 0 Å². The highest BCUT2D eigenvalue weighted by Gasteiger charge is 2.30. The van der Waals surface area contributed by atoms with Gasteiger partial charge < -0.3 is 10.6 Å². The molecule has 0 aromatic heterocycles. The third kappa shape index (κ3) is 3.60. The quantitative estimate of drug-likeness (QED) is 0.883. The number of halogens is 1. The van der Waals surface area contributed by atoms with E-state index in [1.165, 1.54) is 0 Å². The van der Waals surface area contributed by atoms with Crippen molar-refractivity contribution in [2.75, 3.05) is 12.4 Å². The summed E-state index contributed by atoms with van der Waals surface area (Å²) in [5, 5.41) is 6.11. The predicted octanol–water partition coefficient (Wildman–Crippen LogP) is 3.92. The van der Waals surface area contributed by atoms with Gasteiger partial charge in [-0.3, -0.25) is 9.59 Å². The molecule has 0 aliphatic carbocycles. The zero-order valence-corrected chi connectivity index (χ0v) is 15.0. The minimum Gasteiger partial charge on any atom is -0.355 e. The number of carbonyl (C=O) groups is 2. The van der Waals surface area contributed by atoms with Crippen LogP contribution >= 0.6 is 11.6 Å². The minimum atomic E-state index is -0.764. The van der Waals surface area contributed by atoms with E-state index in [0.717, 1.165) is 11.1 Å². The van der Waals surface area contributed by atoms with E-state index in [1.54, 1.807) is 37.4 Å². The second-order valence-corrected chi connectivity index (χ2v) is 6.58. The molecular weight excluding hydrogens is 324 g/mol. The van der Waals surface area contributed by atoms with E-state index in [-0.39, 0.29) is 11.8 Å². The van der Waals surface area contributed by atoms with E-state index < -0.39 is 5.41 Å². The van der Waals surface area contributed by atoms with Crippen molar-refractivity contribution in [1.82, 2.24) is 5.32 Å². The van der Waals surface area contributed by atoms with Crippen molar-refractivity contribution in [1.29, 1.82) is 0 Å². The zero-order chi connectivity index (χ0) is 17.9. The summed E-state index contributed by atoms with van der Waals surface area (Å²) < 4.78 is 0. The molecule has 2 amide bonds. The standard InChI is InChI=1S/C19H21ClN2O2/c1-12-15(17(23)21-4)9-6-10-16(12)22-18(24)19(2,3)13-7-5-8-14(20)11-13/h5-11H,1-4H3,(H,21,23)(H,22,24). The van der Waals surface area contributed by atoms with Crippen molar-refractivity contribution in [2.24, 2.45) is 0 Å². The molecule has 5 heteroatoms. The Hall–Kier alpha value is -2.33. The Morgan fingerprint density at radius 1 is 1.08 bits per heavy atom. The first-order chi connectivity index (χ1) is 11.3. The molecule has 0 radical (unpaired) electrons. The minimum absolute atomic E-state index is 0.165. The molecule has 2 N–H and O–H groups in total. The lowest BCUT2D eigenvalue weighted by atomic mass is 9.83. The molecule has 0 fully saturated rings. The molecule has 0 saturated heterocycles. The molecule has 2 aromatic carbocycles. The Morgan fingerprint density at radius 2 is 1.75 bits per heavy atom. The van der Waals surface area contributed by atoms with Crippen LogP contribution in [0.5, 0.6) is 0 Å². The first-order valence-corrected chi connectivity index (χ1v) is 8.04. The van der Waals surface area contributed by atoms with Gasteiger partial charge in [-0.1, -0.05) is 29.8 Å². The van der Waals surface area contributed by atoms with Crippen LogP contribution in [0.1, 0.15) is 35.3 Å². The largest absolute Gasteiger partial charge is 0.355 e. The van der Waals surface area contributed by atoms with Crippen LogP contribution in [0.4, 0.5) is 5.69 Å². The third-order valence-electron chi connectivity index (χ3n) is 4.17. The summed E-state index contributed by atoms with van der Waals surface area (Å²) in [5.41, 5.74) is 1.95. The van der Waals surface area contributed by atoms with E-state index >= 15 is 0 Å². The number of amides is 2. The maximum atomic E-state index is 12.8. The van der Waals surface area contributed by atoms with Crippen molar-refractivity contribution < 1.29 is 9.59 Å². The summed E-state index contributed by atoms with van der Waals surface area (Å²) in [7, 11) is 1.58. The monoisotopic (exact) mass is 344 g/mol. The average Bonchev–Trinajstić information content (AvgIpc) is 2.56. The Morgan fingerprint density at radius 3 is 2.38 bits per heavy atom. The maximum Gasteiger partial charge on any atom is 0.251 e. The fourth-order valence-corrected chi connectivity index (χ4v) is 2.63. The van der Waals surface area contributed by atoms with Gasteiger partial charge in [-0.25, -0.2) is 0 Å². The third-order valence-corrected chi connectivity index (χ3v) is 4.40. The summed E-state index contributed by atoms with van der Waals surface area (Å²) in [6.45, 7) is 5.49. The van der Waals surface area contributed by atoms with Crippen molar-refractivity contribution in [2.45, 2.75) is 26.2 Å². The molecule has 0 heterocycles. The molecule has 4 nitrogen and oxygen atoms in total. The van der Waals surface area contributed by atoms with Crippen molar-refractivity contribution >= 4 is 29.1 Å². The lowest BCUT2D eigenvalue weighted by Gasteiger charge is -2.25. The van der Waals surface area contributed by atoms with E-state index in [2.05, 4.69) is 10.6 Å². The smallest absolute Gasteiger partial charge is 0.251 e. The summed E-state index contributed by atoms with van der Waals surface area (Å²) in [4.78, 5) is 24.7. The van der Waals surface area contributed by atoms with Gasteiger partial charge in [0.2, 0.25) is 5.91 Å². The van der Waals surface area contributed by atoms with Crippen LogP contribution in [0.15, 0.2) is 42.5 Å². The molecule has 0 aliphatic heterocycles. The lowest BCUT2D eigenvalue weighted by molar-refractivity contribution is -0.120. The molecule has 0 saturated carbocycles. The Labute approximate surface area is 147 Å². The van der Waals surface area contributed by atoms with Gasteiger partial charge in [0.25, 0.3) is 5.91 Å². The average molecular weight is 345 g/mol. The van der Waals surface area contributed by atoms with E-state index in [4.69, 9.17) is 11.6 Å². The van der Waals surface area contributed by atoms with Gasteiger partial charge in [0, 0.05) is 23.3 Å². The normalized spacial score (nSPS) is 11.0. The van der Waals surface area contributed by atoms with Gasteiger partial charge in [0.15, 0.2) is 0 Å². The Bertz CT molecular complexity index is 785. The van der Waals surface area contributed by atoms with Crippen LogP contribution in [-0.4, -0.2) is 18.9 Å². The van der Waals surface area contributed by atoms with Gasteiger partial charge in [0.1, 0.15) is 0 Å². The predicted molar refractivity (Wildman–Crippen MR) is 97.7 cm³/mol. The number of hydrogen-bond acceptors (Lipinski definition) is 2. The maximum absolute atomic E-state index is 12.8. The zero-order valence-electron chi connectivity index (χ0n) is 14.2. The molecule has 0 aliphatic rings. The van der Waals surface area contributed by atoms with Crippen LogP contribution in [-0.2, 0) is 10.2 Å². The second-order valence-electron chi connectivity index (χ2n) is 6.15.